The third-order valence-corrected chi connectivity index (χ3v) is 5.81. The molecule has 144 valence electrons. The number of aryl methyl sites for hydroxylation is 1. The molecular weight excluding hydrogens is 370 g/mol. The Balaban J connectivity index is 1.53. The predicted molar refractivity (Wildman–Crippen MR) is 110 cm³/mol. The van der Waals surface area contributed by atoms with Crippen molar-refractivity contribution in [3.63, 3.8) is 0 Å². The summed E-state index contributed by atoms with van der Waals surface area (Å²) >= 11 is 1.72. The van der Waals surface area contributed by atoms with Gasteiger partial charge < -0.3 is 9.32 Å². The highest BCUT2D eigenvalue weighted by Crippen LogP contribution is 2.32. The molecule has 1 aliphatic rings. The number of benzene rings is 1. The third kappa shape index (κ3) is 4.08. The lowest BCUT2D eigenvalue weighted by Gasteiger charge is -2.21. The Labute approximate surface area is 168 Å². The van der Waals surface area contributed by atoms with E-state index in [2.05, 4.69) is 42.6 Å². The van der Waals surface area contributed by atoms with Crippen LogP contribution in [0.15, 0.2) is 69.7 Å². The Morgan fingerprint density at radius 2 is 2.07 bits per heavy atom. The summed E-state index contributed by atoms with van der Waals surface area (Å²) in [4.78, 5) is 15.5. The molecule has 1 unspecified atom stereocenters. The number of nitrogens with zero attached hydrogens (tertiary/aromatic N) is 2. The van der Waals surface area contributed by atoms with Crippen LogP contribution in [-0.4, -0.2) is 30.2 Å². The number of hydrogen-bond acceptors (Lipinski definition) is 4. The highest BCUT2D eigenvalue weighted by atomic mass is 32.1. The van der Waals surface area contributed by atoms with E-state index >= 15 is 0 Å². The first-order valence-corrected chi connectivity index (χ1v) is 10.3. The number of carbonyl (C=O) groups excluding carboxylic acids is 1. The zero-order valence-corrected chi connectivity index (χ0v) is 16.9. The maximum absolute atomic E-state index is 13.1. The van der Waals surface area contributed by atoms with E-state index in [9.17, 15) is 4.79 Å². The first kappa shape index (κ1) is 18.7. The molecular formula is C22H24N3O2S+. The number of furan rings is 1. The minimum Gasteiger partial charge on any atom is -0.467 e. The van der Waals surface area contributed by atoms with E-state index in [1.165, 1.54) is 10.4 Å². The van der Waals surface area contributed by atoms with Gasteiger partial charge in [-0.2, -0.15) is 5.10 Å². The molecule has 0 radical (unpaired) electrons. The van der Waals surface area contributed by atoms with Crippen LogP contribution >= 0.6 is 11.3 Å². The Hall–Kier alpha value is -2.70. The highest BCUT2D eigenvalue weighted by Gasteiger charge is 2.35. The summed E-state index contributed by atoms with van der Waals surface area (Å²) in [6.07, 6.45) is 2.31. The molecule has 0 aliphatic carbocycles. The molecule has 0 bridgehead atoms. The minimum absolute atomic E-state index is 0.0116. The van der Waals surface area contributed by atoms with Gasteiger partial charge in [0.2, 0.25) is 0 Å². The molecule has 0 saturated carbocycles. The Kier molecular flexibility index (Phi) is 5.41. The molecule has 1 aromatic carbocycles. The SMILES string of the molecule is Cc1ccc(C2=NN(C(=O)C[NH+](C)Cc3cccs3)[C@@H](c3ccco3)C2)cc1. The topological polar surface area (TPSA) is 50.2 Å². The van der Waals surface area contributed by atoms with Gasteiger partial charge in [-0.25, -0.2) is 5.01 Å². The molecule has 5 nitrogen and oxygen atoms in total. The van der Waals surface area contributed by atoms with Crippen LogP contribution < -0.4 is 4.90 Å². The number of likely N-dealkylation sites (N-methyl/N-ethyl adjacent to an activating group) is 1. The minimum atomic E-state index is -0.187. The maximum Gasteiger partial charge on any atom is 0.298 e. The lowest BCUT2D eigenvalue weighted by atomic mass is 10.0. The van der Waals surface area contributed by atoms with Gasteiger partial charge in [-0.15, -0.1) is 11.3 Å². The van der Waals surface area contributed by atoms with E-state index in [1.54, 1.807) is 22.6 Å². The number of quaternary nitrogens is 1. The number of hydrogen-bond donors (Lipinski definition) is 1. The lowest BCUT2D eigenvalue weighted by Crippen LogP contribution is -3.08. The van der Waals surface area contributed by atoms with Gasteiger partial charge in [0.1, 0.15) is 18.3 Å². The van der Waals surface area contributed by atoms with E-state index < -0.39 is 0 Å². The summed E-state index contributed by atoms with van der Waals surface area (Å²) in [7, 11) is 2.04. The number of amides is 1. The third-order valence-electron chi connectivity index (χ3n) is 4.93. The van der Waals surface area contributed by atoms with E-state index in [0.29, 0.717) is 13.0 Å². The second-order valence-corrected chi connectivity index (χ2v) is 8.31. The second kappa shape index (κ2) is 8.12. The number of rotatable bonds is 6. The van der Waals surface area contributed by atoms with Crippen molar-refractivity contribution < 1.29 is 14.1 Å². The van der Waals surface area contributed by atoms with Gasteiger partial charge in [0.05, 0.1) is 23.9 Å². The monoisotopic (exact) mass is 394 g/mol. The molecule has 2 atom stereocenters. The van der Waals surface area contributed by atoms with Crippen LogP contribution in [0.5, 0.6) is 0 Å². The summed E-state index contributed by atoms with van der Waals surface area (Å²) in [6.45, 7) is 3.28. The number of carbonyl (C=O) groups is 1. The van der Waals surface area contributed by atoms with Crippen LogP contribution in [0.25, 0.3) is 0 Å². The van der Waals surface area contributed by atoms with Crippen molar-refractivity contribution in [3.8, 4) is 0 Å². The molecule has 6 heteroatoms. The summed E-state index contributed by atoms with van der Waals surface area (Å²) in [5.74, 6) is 0.785. The maximum atomic E-state index is 13.1. The predicted octanol–water partition coefficient (Wildman–Crippen LogP) is 3.04. The number of nitrogens with one attached hydrogen (secondary N) is 1. The summed E-state index contributed by atoms with van der Waals surface area (Å²) in [5.41, 5.74) is 3.18. The van der Waals surface area contributed by atoms with E-state index in [-0.39, 0.29) is 11.9 Å². The normalized spacial score (nSPS) is 17.6. The fourth-order valence-electron chi connectivity index (χ4n) is 3.48. The van der Waals surface area contributed by atoms with Crippen LogP contribution in [0.4, 0.5) is 0 Å². The van der Waals surface area contributed by atoms with Crippen LogP contribution in [0.2, 0.25) is 0 Å². The van der Waals surface area contributed by atoms with Crippen LogP contribution in [0.1, 0.15) is 34.2 Å². The highest BCUT2D eigenvalue weighted by molar-refractivity contribution is 7.09. The van der Waals surface area contributed by atoms with E-state index in [1.807, 2.05) is 25.2 Å². The summed E-state index contributed by atoms with van der Waals surface area (Å²) < 4.78 is 5.62. The van der Waals surface area contributed by atoms with Gasteiger partial charge in [0.25, 0.3) is 5.91 Å². The average Bonchev–Trinajstić information content (AvgIpc) is 3.43. The van der Waals surface area contributed by atoms with Crippen LogP contribution in [0.3, 0.4) is 0 Å². The van der Waals surface area contributed by atoms with Crippen LogP contribution in [-0.2, 0) is 11.3 Å². The largest absolute Gasteiger partial charge is 0.467 e. The summed E-state index contributed by atoms with van der Waals surface area (Å²) in [5, 5.41) is 8.39. The molecule has 4 rings (SSSR count). The standard InChI is InChI=1S/C22H23N3O2S/c1-16-7-9-17(10-8-16)19-13-20(21-6-3-11-27-21)25(23-19)22(26)15-24(2)14-18-5-4-12-28-18/h3-12,20H,13-15H2,1-2H3/p+1/t20-/m1/s1. The van der Waals surface area contributed by atoms with Gasteiger partial charge >= 0.3 is 0 Å². The molecule has 1 N–H and O–H groups in total. The number of hydrazone groups is 1. The zero-order valence-electron chi connectivity index (χ0n) is 16.1. The Morgan fingerprint density at radius 1 is 1.25 bits per heavy atom. The smallest absolute Gasteiger partial charge is 0.298 e. The summed E-state index contributed by atoms with van der Waals surface area (Å²) in [6, 6.07) is 16.0. The van der Waals surface area contributed by atoms with Gasteiger partial charge in [0.15, 0.2) is 6.54 Å². The molecule has 2 aromatic heterocycles. The Bertz CT molecular complexity index is 946. The molecule has 3 heterocycles. The van der Waals surface area contributed by atoms with Crippen LogP contribution in [0, 0.1) is 6.92 Å². The van der Waals surface area contributed by atoms with E-state index in [0.717, 1.165) is 28.5 Å². The number of thiophene rings is 1. The first-order chi connectivity index (χ1) is 13.6. The molecule has 3 aromatic rings. The van der Waals surface area contributed by atoms with Gasteiger partial charge in [-0.3, -0.25) is 4.79 Å². The zero-order chi connectivity index (χ0) is 19.5. The second-order valence-electron chi connectivity index (χ2n) is 7.28. The van der Waals surface area contributed by atoms with Crippen molar-refractivity contribution in [2.45, 2.75) is 25.9 Å². The fourth-order valence-corrected chi connectivity index (χ4v) is 4.29. The molecule has 0 saturated heterocycles. The van der Waals surface area contributed by atoms with Crippen molar-refractivity contribution in [2.24, 2.45) is 5.10 Å². The van der Waals surface area contributed by atoms with Crippen molar-refractivity contribution >= 4 is 23.0 Å². The molecule has 1 amide bonds. The molecule has 1 aliphatic heterocycles. The van der Waals surface area contributed by atoms with Crippen molar-refractivity contribution in [1.82, 2.24) is 5.01 Å². The van der Waals surface area contributed by atoms with Gasteiger partial charge in [-0.05, 0) is 36.1 Å². The Morgan fingerprint density at radius 3 is 2.75 bits per heavy atom. The fraction of sp³-hybridized carbons (Fsp3) is 0.273. The average molecular weight is 395 g/mol. The van der Waals surface area contributed by atoms with E-state index in [4.69, 9.17) is 9.52 Å². The molecule has 0 fully saturated rings. The first-order valence-electron chi connectivity index (χ1n) is 9.44. The quantitative estimate of drug-likeness (QED) is 0.699. The van der Waals surface area contributed by atoms with Crippen molar-refractivity contribution in [1.29, 1.82) is 0 Å². The van der Waals surface area contributed by atoms with Crippen molar-refractivity contribution in [3.05, 3.63) is 81.9 Å². The molecule has 0 spiro atoms. The molecule has 28 heavy (non-hydrogen) atoms. The van der Waals surface area contributed by atoms with Gasteiger partial charge in [0, 0.05) is 6.42 Å². The van der Waals surface area contributed by atoms with Gasteiger partial charge in [-0.1, -0.05) is 35.9 Å². The van der Waals surface area contributed by atoms with Crippen molar-refractivity contribution in [2.75, 3.05) is 13.6 Å². The lowest BCUT2D eigenvalue weighted by molar-refractivity contribution is -0.885.